The van der Waals surface area contributed by atoms with Gasteiger partial charge in [0.2, 0.25) is 0 Å². The maximum absolute atomic E-state index is 6.09. The molecule has 132 valence electrons. The zero-order chi connectivity index (χ0) is 17.2. The van der Waals surface area contributed by atoms with Crippen LogP contribution in [0.25, 0.3) is 11.1 Å². The predicted octanol–water partition coefficient (Wildman–Crippen LogP) is 2.48. The maximum atomic E-state index is 6.09. The van der Waals surface area contributed by atoms with Crippen LogP contribution in [0, 0.1) is 13.8 Å². The lowest BCUT2D eigenvalue weighted by Gasteiger charge is -2.32. The summed E-state index contributed by atoms with van der Waals surface area (Å²) in [5.74, 6) is 1.34. The molecule has 0 amide bonds. The first-order valence-electron chi connectivity index (χ1n) is 8.14. The van der Waals surface area contributed by atoms with Gasteiger partial charge in [0.25, 0.3) is 5.71 Å². The van der Waals surface area contributed by atoms with Gasteiger partial charge in [-0.25, -0.2) is 9.97 Å². The van der Waals surface area contributed by atoms with Gasteiger partial charge >= 0.3 is 0 Å². The summed E-state index contributed by atoms with van der Waals surface area (Å²) in [5.41, 5.74) is 4.01. The molecule has 8 nitrogen and oxygen atoms in total. The molecule has 1 fully saturated rings. The highest BCUT2D eigenvalue weighted by Gasteiger charge is 2.28. The third-order valence-electron chi connectivity index (χ3n) is 4.16. The Hall–Kier alpha value is -2.10. The van der Waals surface area contributed by atoms with E-state index in [0.29, 0.717) is 37.2 Å². The minimum Gasteiger partial charge on any atom is -0.379 e. The first-order valence-corrected chi connectivity index (χ1v) is 9.08. The molecule has 0 aromatic carbocycles. The highest BCUT2D eigenvalue weighted by atomic mass is 32.1. The molecule has 4 rings (SSSR count). The summed E-state index contributed by atoms with van der Waals surface area (Å²) in [5, 5.41) is 10.2. The number of hydrogen-bond donors (Lipinski definition) is 1. The zero-order valence-electron chi connectivity index (χ0n) is 14.1. The van der Waals surface area contributed by atoms with Crippen molar-refractivity contribution in [1.29, 1.82) is 0 Å². The van der Waals surface area contributed by atoms with Gasteiger partial charge in [-0.05, 0) is 20.3 Å². The van der Waals surface area contributed by atoms with E-state index in [0.717, 1.165) is 23.2 Å². The van der Waals surface area contributed by atoms with E-state index in [2.05, 4.69) is 25.4 Å². The molecule has 0 radical (unpaired) electrons. The number of aryl methyl sites for hydroxylation is 2. The lowest BCUT2D eigenvalue weighted by molar-refractivity contribution is -0.0485. The number of fused-ring (bicyclic) bond motifs is 1. The lowest BCUT2D eigenvalue weighted by Crippen LogP contribution is -2.44. The number of rotatable bonds is 5. The summed E-state index contributed by atoms with van der Waals surface area (Å²) in [7, 11) is 0. The Morgan fingerprint density at radius 2 is 2.28 bits per heavy atom. The first kappa shape index (κ1) is 16.4. The van der Waals surface area contributed by atoms with E-state index in [1.54, 1.807) is 11.3 Å². The fourth-order valence-corrected chi connectivity index (χ4v) is 3.47. The SMILES string of the molecule is Cc1nc(N[C@@H]2COCC[C@@H]2OCc2cscn2)c2c(C)noc2n1. The van der Waals surface area contributed by atoms with Gasteiger partial charge in [-0.1, -0.05) is 5.16 Å². The largest absolute Gasteiger partial charge is 0.379 e. The van der Waals surface area contributed by atoms with E-state index < -0.39 is 0 Å². The van der Waals surface area contributed by atoms with E-state index in [9.17, 15) is 0 Å². The summed E-state index contributed by atoms with van der Waals surface area (Å²) in [6.07, 6.45) is 0.832. The van der Waals surface area contributed by atoms with Gasteiger partial charge < -0.3 is 19.3 Å². The van der Waals surface area contributed by atoms with Crippen molar-refractivity contribution >= 4 is 28.3 Å². The Morgan fingerprint density at radius 1 is 1.36 bits per heavy atom. The molecular formula is C16H19N5O3S. The van der Waals surface area contributed by atoms with Crippen LogP contribution in [0.5, 0.6) is 0 Å². The Labute approximate surface area is 148 Å². The van der Waals surface area contributed by atoms with E-state index in [1.807, 2.05) is 24.7 Å². The number of nitrogens with one attached hydrogen (secondary N) is 1. The molecule has 0 saturated carbocycles. The van der Waals surface area contributed by atoms with Crippen molar-refractivity contribution in [2.24, 2.45) is 0 Å². The maximum Gasteiger partial charge on any atom is 0.263 e. The molecule has 1 N–H and O–H groups in total. The number of ether oxygens (including phenoxy) is 2. The molecule has 25 heavy (non-hydrogen) atoms. The van der Waals surface area contributed by atoms with Crippen molar-refractivity contribution in [2.45, 2.75) is 39.0 Å². The van der Waals surface area contributed by atoms with Gasteiger partial charge in [0.15, 0.2) is 0 Å². The van der Waals surface area contributed by atoms with Gasteiger partial charge in [0.05, 0.1) is 42.3 Å². The van der Waals surface area contributed by atoms with Crippen LogP contribution in [0.2, 0.25) is 0 Å². The van der Waals surface area contributed by atoms with Crippen molar-refractivity contribution in [3.63, 3.8) is 0 Å². The summed E-state index contributed by atoms with van der Waals surface area (Å²) in [6.45, 7) is 5.44. The summed E-state index contributed by atoms with van der Waals surface area (Å²) in [4.78, 5) is 13.1. The normalized spacial score (nSPS) is 20.9. The zero-order valence-corrected chi connectivity index (χ0v) is 14.9. The third kappa shape index (κ3) is 3.48. The summed E-state index contributed by atoms with van der Waals surface area (Å²) < 4.78 is 17.0. The molecule has 0 aliphatic carbocycles. The third-order valence-corrected chi connectivity index (χ3v) is 4.80. The second kappa shape index (κ2) is 7.03. The van der Waals surface area contributed by atoms with Crippen LogP contribution in [0.15, 0.2) is 15.4 Å². The molecule has 0 spiro atoms. The number of hydrogen-bond acceptors (Lipinski definition) is 9. The fraction of sp³-hybridized carbons (Fsp3) is 0.500. The Bertz CT molecular complexity index is 851. The average molecular weight is 361 g/mol. The van der Waals surface area contributed by atoms with Gasteiger partial charge in [-0.3, -0.25) is 0 Å². The van der Waals surface area contributed by atoms with Crippen LogP contribution in [0.4, 0.5) is 5.82 Å². The van der Waals surface area contributed by atoms with Crippen molar-refractivity contribution in [1.82, 2.24) is 20.1 Å². The molecule has 1 aliphatic rings. The molecule has 9 heteroatoms. The number of anilines is 1. The van der Waals surface area contributed by atoms with Crippen molar-refractivity contribution in [3.05, 3.63) is 28.1 Å². The van der Waals surface area contributed by atoms with Crippen LogP contribution in [-0.4, -0.2) is 45.5 Å². The minimum absolute atomic E-state index is 0.0146. The average Bonchev–Trinajstić information content (AvgIpc) is 3.24. The smallest absolute Gasteiger partial charge is 0.263 e. The van der Waals surface area contributed by atoms with E-state index in [4.69, 9.17) is 14.0 Å². The molecule has 0 unspecified atom stereocenters. The van der Waals surface area contributed by atoms with Crippen LogP contribution in [-0.2, 0) is 16.1 Å². The molecule has 4 heterocycles. The van der Waals surface area contributed by atoms with E-state index in [1.165, 1.54) is 0 Å². The van der Waals surface area contributed by atoms with Gasteiger partial charge in [-0.15, -0.1) is 11.3 Å². The molecule has 3 aromatic heterocycles. The molecule has 0 bridgehead atoms. The molecular weight excluding hydrogens is 342 g/mol. The first-order chi connectivity index (χ1) is 12.2. The molecule has 1 aliphatic heterocycles. The van der Waals surface area contributed by atoms with Gasteiger partial charge in [-0.2, -0.15) is 4.98 Å². The van der Waals surface area contributed by atoms with Crippen LogP contribution in [0.1, 0.15) is 23.6 Å². The van der Waals surface area contributed by atoms with Crippen molar-refractivity contribution in [3.8, 4) is 0 Å². The van der Waals surface area contributed by atoms with Crippen LogP contribution < -0.4 is 5.32 Å². The Balaban J connectivity index is 1.54. The standard InChI is InChI=1S/C16H19N5O3S/c1-9-14-15(18-10(2)19-16(14)24-21-9)20-12-6-22-4-3-13(12)23-5-11-7-25-8-17-11/h7-8,12-13H,3-6H2,1-2H3,(H,18,19,20)/t12-,13+/m1/s1. The fourth-order valence-electron chi connectivity index (χ4n) is 2.93. The second-order valence-corrected chi connectivity index (χ2v) is 6.73. The van der Waals surface area contributed by atoms with Gasteiger partial charge in [0, 0.05) is 12.0 Å². The van der Waals surface area contributed by atoms with Crippen LogP contribution >= 0.6 is 11.3 Å². The molecule has 3 aromatic rings. The quantitative estimate of drug-likeness (QED) is 0.740. The topological polar surface area (TPSA) is 95.2 Å². The number of nitrogens with zero attached hydrogens (tertiary/aromatic N) is 4. The second-order valence-electron chi connectivity index (χ2n) is 6.01. The highest BCUT2D eigenvalue weighted by molar-refractivity contribution is 7.07. The number of thiazole rings is 1. The number of aromatic nitrogens is 4. The monoisotopic (exact) mass is 361 g/mol. The van der Waals surface area contributed by atoms with Gasteiger partial charge in [0.1, 0.15) is 17.0 Å². The molecule has 2 atom stereocenters. The Morgan fingerprint density at radius 3 is 3.12 bits per heavy atom. The lowest BCUT2D eigenvalue weighted by atomic mass is 10.1. The predicted molar refractivity (Wildman–Crippen MR) is 92.6 cm³/mol. The van der Waals surface area contributed by atoms with Crippen molar-refractivity contribution < 1.29 is 14.0 Å². The Kier molecular flexibility index (Phi) is 4.60. The summed E-state index contributed by atoms with van der Waals surface area (Å²) in [6, 6.07) is -0.0146. The highest BCUT2D eigenvalue weighted by Crippen LogP contribution is 2.26. The molecule has 1 saturated heterocycles. The van der Waals surface area contributed by atoms with Crippen molar-refractivity contribution in [2.75, 3.05) is 18.5 Å². The van der Waals surface area contributed by atoms with E-state index >= 15 is 0 Å². The van der Waals surface area contributed by atoms with Crippen LogP contribution in [0.3, 0.4) is 0 Å². The van der Waals surface area contributed by atoms with E-state index in [-0.39, 0.29) is 12.1 Å². The minimum atomic E-state index is -0.0146. The summed E-state index contributed by atoms with van der Waals surface area (Å²) >= 11 is 1.57.